The van der Waals surface area contributed by atoms with Gasteiger partial charge in [-0.05, 0) is 31.0 Å². The van der Waals surface area contributed by atoms with Gasteiger partial charge in [0.2, 0.25) is 0 Å². The molecule has 1 saturated heterocycles. The van der Waals surface area contributed by atoms with Crippen LogP contribution < -0.4 is 5.32 Å². The van der Waals surface area contributed by atoms with Crippen LogP contribution in [0.4, 0.5) is 0 Å². The number of nitrogens with one attached hydrogen (secondary N) is 1. The van der Waals surface area contributed by atoms with Crippen molar-refractivity contribution in [1.82, 2.24) is 20.0 Å². The smallest absolute Gasteiger partial charge is 0.0768 e. The molecule has 0 amide bonds. The van der Waals surface area contributed by atoms with E-state index < -0.39 is 0 Å². The number of hydrogen-bond donors (Lipinski definition) is 1. The molecule has 0 unspecified atom stereocenters. The predicted octanol–water partition coefficient (Wildman–Crippen LogP) is 2.17. The third kappa shape index (κ3) is 3.86. The molecule has 0 saturated carbocycles. The molecule has 5 nitrogen and oxygen atoms in total. The minimum atomic E-state index is 0.331. The summed E-state index contributed by atoms with van der Waals surface area (Å²) in [6.07, 6.45) is 2.69. The van der Waals surface area contributed by atoms with Gasteiger partial charge >= 0.3 is 0 Å². The van der Waals surface area contributed by atoms with E-state index in [-0.39, 0.29) is 0 Å². The summed E-state index contributed by atoms with van der Waals surface area (Å²) in [7, 11) is 0. The Kier molecular flexibility index (Phi) is 4.92. The summed E-state index contributed by atoms with van der Waals surface area (Å²) < 4.78 is 8.29. The highest BCUT2D eigenvalue weighted by atomic mass is 16.5. The van der Waals surface area contributed by atoms with Gasteiger partial charge in [-0.15, -0.1) is 0 Å². The van der Waals surface area contributed by atoms with Crippen LogP contribution >= 0.6 is 0 Å². The van der Waals surface area contributed by atoms with Gasteiger partial charge in [-0.2, -0.15) is 5.10 Å². The SMILES string of the molecule is c1ccc(CO[C@@H]2CCCN(Cc3cc4n(n3)CCNC4)C2)cc1. The zero-order chi connectivity index (χ0) is 16.2. The zero-order valence-electron chi connectivity index (χ0n) is 14.2. The van der Waals surface area contributed by atoms with Gasteiger partial charge in [0.05, 0.1) is 30.6 Å². The van der Waals surface area contributed by atoms with Crippen LogP contribution in [0.3, 0.4) is 0 Å². The van der Waals surface area contributed by atoms with Gasteiger partial charge in [0.1, 0.15) is 0 Å². The number of nitrogens with zero attached hydrogens (tertiary/aromatic N) is 3. The van der Waals surface area contributed by atoms with Gasteiger partial charge in [-0.1, -0.05) is 30.3 Å². The van der Waals surface area contributed by atoms with E-state index >= 15 is 0 Å². The van der Waals surface area contributed by atoms with Crippen molar-refractivity contribution in [2.45, 2.75) is 45.2 Å². The number of rotatable bonds is 5. The second-order valence-electron chi connectivity index (χ2n) is 6.82. The third-order valence-corrected chi connectivity index (χ3v) is 4.90. The number of hydrogen-bond acceptors (Lipinski definition) is 4. The molecule has 0 radical (unpaired) electrons. The monoisotopic (exact) mass is 326 g/mol. The highest BCUT2D eigenvalue weighted by Crippen LogP contribution is 2.18. The summed E-state index contributed by atoms with van der Waals surface area (Å²) in [4.78, 5) is 2.49. The average Bonchev–Trinajstić information content (AvgIpc) is 3.03. The minimum absolute atomic E-state index is 0.331. The van der Waals surface area contributed by atoms with E-state index in [1.54, 1.807) is 0 Å². The molecule has 1 N–H and O–H groups in total. The van der Waals surface area contributed by atoms with Crippen LogP contribution in [0.1, 0.15) is 29.8 Å². The van der Waals surface area contributed by atoms with Gasteiger partial charge < -0.3 is 10.1 Å². The molecule has 0 spiro atoms. The molecule has 1 fully saturated rings. The summed E-state index contributed by atoms with van der Waals surface area (Å²) in [5, 5.41) is 8.16. The van der Waals surface area contributed by atoms with E-state index in [9.17, 15) is 0 Å². The Morgan fingerprint density at radius 1 is 1.21 bits per heavy atom. The lowest BCUT2D eigenvalue weighted by atomic mass is 10.1. The number of piperidine rings is 1. The van der Waals surface area contributed by atoms with E-state index in [1.807, 2.05) is 6.07 Å². The van der Waals surface area contributed by atoms with Gasteiger partial charge in [0.15, 0.2) is 0 Å². The van der Waals surface area contributed by atoms with Crippen LogP contribution in [0, 0.1) is 0 Å². The molecule has 0 aliphatic carbocycles. The molecular formula is C19H26N4O. The van der Waals surface area contributed by atoms with Gasteiger partial charge in [-0.3, -0.25) is 9.58 Å². The summed E-state index contributed by atoms with van der Waals surface area (Å²) in [5.74, 6) is 0. The molecule has 24 heavy (non-hydrogen) atoms. The van der Waals surface area contributed by atoms with Crippen molar-refractivity contribution >= 4 is 0 Å². The first-order chi connectivity index (χ1) is 11.9. The fourth-order valence-corrected chi connectivity index (χ4v) is 3.64. The molecule has 0 bridgehead atoms. The van der Waals surface area contributed by atoms with Crippen molar-refractivity contribution in [2.75, 3.05) is 19.6 Å². The number of aromatic nitrogens is 2. The molecule has 2 aromatic rings. The fraction of sp³-hybridized carbons (Fsp3) is 0.526. The van der Waals surface area contributed by atoms with E-state index in [2.05, 4.69) is 45.2 Å². The second-order valence-corrected chi connectivity index (χ2v) is 6.82. The minimum Gasteiger partial charge on any atom is -0.372 e. The standard InChI is InChI=1S/C19H26N4O/c1-2-5-16(6-3-1)15-24-19-7-4-9-22(14-19)13-17-11-18-12-20-8-10-23(18)21-17/h1-3,5-6,11,19-20H,4,7-10,12-15H2/t19-/m1/s1. The molecule has 1 aromatic carbocycles. The fourth-order valence-electron chi connectivity index (χ4n) is 3.64. The van der Waals surface area contributed by atoms with E-state index in [0.29, 0.717) is 12.7 Å². The Bertz CT molecular complexity index is 631. The van der Waals surface area contributed by atoms with E-state index in [4.69, 9.17) is 9.84 Å². The van der Waals surface area contributed by atoms with Crippen LogP contribution in [0.5, 0.6) is 0 Å². The first-order valence-corrected chi connectivity index (χ1v) is 9.01. The molecule has 5 heteroatoms. The summed E-state index contributed by atoms with van der Waals surface area (Å²) in [6.45, 7) is 6.75. The molecular weight excluding hydrogens is 300 g/mol. The van der Waals surface area contributed by atoms with Crippen molar-refractivity contribution < 1.29 is 4.74 Å². The Morgan fingerprint density at radius 3 is 3.00 bits per heavy atom. The summed E-state index contributed by atoms with van der Waals surface area (Å²) in [5.41, 5.74) is 3.76. The Hall–Kier alpha value is -1.69. The highest BCUT2D eigenvalue weighted by Gasteiger charge is 2.22. The van der Waals surface area contributed by atoms with Crippen LogP contribution in [0.25, 0.3) is 0 Å². The molecule has 1 atom stereocenters. The van der Waals surface area contributed by atoms with Crippen molar-refractivity contribution in [1.29, 1.82) is 0 Å². The maximum Gasteiger partial charge on any atom is 0.0768 e. The molecule has 4 rings (SSSR count). The Morgan fingerprint density at radius 2 is 2.12 bits per heavy atom. The largest absolute Gasteiger partial charge is 0.372 e. The van der Waals surface area contributed by atoms with Crippen molar-refractivity contribution in [3.05, 3.63) is 53.3 Å². The first kappa shape index (κ1) is 15.8. The van der Waals surface area contributed by atoms with Crippen molar-refractivity contribution in [3.8, 4) is 0 Å². The quantitative estimate of drug-likeness (QED) is 0.914. The number of benzene rings is 1. The molecule has 1 aromatic heterocycles. The average molecular weight is 326 g/mol. The first-order valence-electron chi connectivity index (χ1n) is 9.01. The van der Waals surface area contributed by atoms with Crippen LogP contribution in [-0.4, -0.2) is 40.4 Å². The lowest BCUT2D eigenvalue weighted by molar-refractivity contribution is -0.0123. The summed E-state index contributed by atoms with van der Waals surface area (Å²) in [6, 6.07) is 12.7. The molecule has 2 aliphatic rings. The van der Waals surface area contributed by atoms with Gasteiger partial charge in [0, 0.05) is 26.2 Å². The third-order valence-electron chi connectivity index (χ3n) is 4.90. The maximum atomic E-state index is 6.14. The van der Waals surface area contributed by atoms with E-state index in [1.165, 1.54) is 23.4 Å². The van der Waals surface area contributed by atoms with Crippen LogP contribution in [-0.2, 0) is 31.0 Å². The molecule has 128 valence electrons. The van der Waals surface area contributed by atoms with E-state index in [0.717, 1.165) is 45.7 Å². The Labute approximate surface area is 143 Å². The van der Waals surface area contributed by atoms with Gasteiger partial charge in [-0.25, -0.2) is 0 Å². The second kappa shape index (κ2) is 7.47. The van der Waals surface area contributed by atoms with Crippen molar-refractivity contribution in [3.63, 3.8) is 0 Å². The molecule has 2 aliphatic heterocycles. The number of likely N-dealkylation sites (tertiary alicyclic amines) is 1. The number of fused-ring (bicyclic) bond motifs is 1. The highest BCUT2D eigenvalue weighted by molar-refractivity contribution is 5.14. The van der Waals surface area contributed by atoms with Crippen LogP contribution in [0.2, 0.25) is 0 Å². The normalized spacial score (nSPS) is 21.6. The Balaban J connectivity index is 1.30. The topological polar surface area (TPSA) is 42.3 Å². The van der Waals surface area contributed by atoms with Crippen LogP contribution in [0.15, 0.2) is 36.4 Å². The summed E-state index contributed by atoms with van der Waals surface area (Å²) >= 11 is 0. The number of ether oxygens (including phenoxy) is 1. The van der Waals surface area contributed by atoms with Gasteiger partial charge in [0.25, 0.3) is 0 Å². The predicted molar refractivity (Wildman–Crippen MR) is 93.5 cm³/mol. The maximum absolute atomic E-state index is 6.14. The lowest BCUT2D eigenvalue weighted by Crippen LogP contribution is -2.39. The lowest BCUT2D eigenvalue weighted by Gasteiger charge is -2.32. The molecule has 3 heterocycles. The zero-order valence-corrected chi connectivity index (χ0v) is 14.2. The van der Waals surface area contributed by atoms with Crippen molar-refractivity contribution in [2.24, 2.45) is 0 Å².